The summed E-state index contributed by atoms with van der Waals surface area (Å²) in [6, 6.07) is 0.531. The van der Waals surface area contributed by atoms with Crippen LogP contribution in [0.25, 0.3) is 0 Å². The van der Waals surface area contributed by atoms with E-state index in [4.69, 9.17) is 0 Å². The molecule has 0 aromatic heterocycles. The molecule has 0 bridgehead atoms. The fourth-order valence-corrected chi connectivity index (χ4v) is 3.24. The van der Waals surface area contributed by atoms with Gasteiger partial charge in [-0.3, -0.25) is 9.69 Å². The minimum Gasteiger partial charge on any atom is -0.389 e. The predicted octanol–water partition coefficient (Wildman–Crippen LogP) is 1.87. The van der Waals surface area contributed by atoms with Crippen LogP contribution in [0.5, 0.6) is 0 Å². The van der Waals surface area contributed by atoms with Crippen molar-refractivity contribution in [2.45, 2.75) is 78.1 Å². The summed E-state index contributed by atoms with van der Waals surface area (Å²) in [5, 5.41) is 10.2. The van der Waals surface area contributed by atoms with Crippen LogP contribution in [0.15, 0.2) is 0 Å². The highest BCUT2D eigenvalue weighted by Gasteiger charge is 2.37. The molecule has 1 heterocycles. The van der Waals surface area contributed by atoms with Gasteiger partial charge < -0.3 is 10.0 Å². The Morgan fingerprint density at radius 1 is 1.32 bits per heavy atom. The van der Waals surface area contributed by atoms with Crippen LogP contribution in [0.1, 0.15) is 54.4 Å². The summed E-state index contributed by atoms with van der Waals surface area (Å²) in [6.07, 6.45) is 2.03. The Morgan fingerprint density at radius 3 is 2.26 bits per heavy atom. The molecule has 1 rings (SSSR count). The van der Waals surface area contributed by atoms with Gasteiger partial charge in [-0.15, -0.1) is 0 Å². The maximum absolute atomic E-state index is 12.5. The summed E-state index contributed by atoms with van der Waals surface area (Å²) in [4.78, 5) is 16.5. The fourth-order valence-electron chi connectivity index (χ4n) is 3.24. The highest BCUT2D eigenvalue weighted by atomic mass is 16.3. The van der Waals surface area contributed by atoms with Gasteiger partial charge in [-0.2, -0.15) is 0 Å². The molecule has 1 aliphatic rings. The largest absolute Gasteiger partial charge is 0.389 e. The van der Waals surface area contributed by atoms with Crippen LogP contribution in [0, 0.1) is 0 Å². The van der Waals surface area contributed by atoms with Gasteiger partial charge in [0.25, 0.3) is 0 Å². The standard InChI is InChI=1S/C15H30N2O2/c1-11(2)17(12(3)4)14(18)10-16-9-7-8-13(16)15(5,6)19/h11-13,19H,7-10H2,1-6H3. The van der Waals surface area contributed by atoms with Crippen LogP contribution in [0.2, 0.25) is 0 Å². The van der Waals surface area contributed by atoms with Crippen LogP contribution in [0.3, 0.4) is 0 Å². The van der Waals surface area contributed by atoms with Crippen molar-refractivity contribution in [3.8, 4) is 0 Å². The predicted molar refractivity (Wildman–Crippen MR) is 78.0 cm³/mol. The van der Waals surface area contributed by atoms with E-state index in [1.165, 1.54) is 0 Å². The molecule has 1 atom stereocenters. The van der Waals surface area contributed by atoms with Crippen molar-refractivity contribution < 1.29 is 9.90 Å². The van der Waals surface area contributed by atoms with Gasteiger partial charge in [0.05, 0.1) is 12.1 Å². The number of aliphatic hydroxyl groups is 1. The smallest absolute Gasteiger partial charge is 0.237 e. The lowest BCUT2D eigenvalue weighted by Crippen LogP contribution is -2.52. The molecule has 0 aromatic carbocycles. The van der Waals surface area contributed by atoms with Gasteiger partial charge in [-0.25, -0.2) is 0 Å². The first-order valence-electron chi connectivity index (χ1n) is 7.42. The molecule has 1 N–H and O–H groups in total. The number of likely N-dealkylation sites (tertiary alicyclic amines) is 1. The molecule has 19 heavy (non-hydrogen) atoms. The summed E-state index contributed by atoms with van der Waals surface area (Å²) in [7, 11) is 0. The lowest BCUT2D eigenvalue weighted by molar-refractivity contribution is -0.137. The molecule has 0 aliphatic carbocycles. The van der Waals surface area contributed by atoms with Crippen LogP contribution < -0.4 is 0 Å². The van der Waals surface area contributed by atoms with E-state index in [0.717, 1.165) is 19.4 Å². The molecule has 1 fully saturated rings. The van der Waals surface area contributed by atoms with Gasteiger partial charge in [0, 0.05) is 18.1 Å². The molecule has 1 saturated heterocycles. The van der Waals surface area contributed by atoms with E-state index in [-0.39, 0.29) is 24.0 Å². The summed E-state index contributed by atoms with van der Waals surface area (Å²) >= 11 is 0. The van der Waals surface area contributed by atoms with Gasteiger partial charge >= 0.3 is 0 Å². The van der Waals surface area contributed by atoms with E-state index < -0.39 is 5.60 Å². The fraction of sp³-hybridized carbons (Fsp3) is 0.933. The summed E-state index contributed by atoms with van der Waals surface area (Å²) in [5.74, 6) is 0.168. The molecule has 4 heteroatoms. The molecular formula is C15H30N2O2. The maximum atomic E-state index is 12.5. The van der Waals surface area contributed by atoms with Crippen LogP contribution >= 0.6 is 0 Å². The molecule has 0 spiro atoms. The number of hydrogen-bond donors (Lipinski definition) is 1. The highest BCUT2D eigenvalue weighted by Crippen LogP contribution is 2.26. The lowest BCUT2D eigenvalue weighted by Gasteiger charge is -2.36. The number of hydrogen-bond acceptors (Lipinski definition) is 3. The summed E-state index contributed by atoms with van der Waals surface area (Å²) < 4.78 is 0. The van der Waals surface area contributed by atoms with Crippen molar-refractivity contribution >= 4 is 5.91 Å². The van der Waals surface area contributed by atoms with Crippen molar-refractivity contribution in [1.29, 1.82) is 0 Å². The molecule has 1 aliphatic heterocycles. The van der Waals surface area contributed by atoms with Crippen LogP contribution in [0.4, 0.5) is 0 Å². The monoisotopic (exact) mass is 270 g/mol. The Morgan fingerprint density at radius 2 is 1.84 bits per heavy atom. The SMILES string of the molecule is CC(C)N(C(=O)CN1CCCC1C(C)(C)O)C(C)C. The Bertz CT molecular complexity index is 300. The van der Waals surface area contributed by atoms with E-state index in [0.29, 0.717) is 6.54 Å². The van der Waals surface area contributed by atoms with Gasteiger partial charge in [0.1, 0.15) is 0 Å². The average molecular weight is 270 g/mol. The number of carbonyl (C=O) groups excluding carboxylic acids is 1. The second-order valence-electron chi connectivity index (χ2n) is 6.77. The zero-order chi connectivity index (χ0) is 14.8. The molecule has 1 unspecified atom stereocenters. The third-order valence-electron chi connectivity index (χ3n) is 3.92. The number of rotatable bonds is 5. The molecule has 1 amide bonds. The molecule has 0 saturated carbocycles. The Kier molecular flexibility index (Phi) is 5.39. The van der Waals surface area contributed by atoms with Gasteiger partial charge in [0.2, 0.25) is 5.91 Å². The second-order valence-corrected chi connectivity index (χ2v) is 6.77. The van der Waals surface area contributed by atoms with E-state index in [9.17, 15) is 9.90 Å². The van der Waals surface area contributed by atoms with Crippen molar-refractivity contribution in [2.24, 2.45) is 0 Å². The van der Waals surface area contributed by atoms with E-state index in [1.807, 2.05) is 18.7 Å². The topological polar surface area (TPSA) is 43.8 Å². The maximum Gasteiger partial charge on any atom is 0.237 e. The van der Waals surface area contributed by atoms with Crippen molar-refractivity contribution in [2.75, 3.05) is 13.1 Å². The first-order valence-corrected chi connectivity index (χ1v) is 7.42. The lowest BCUT2D eigenvalue weighted by atomic mass is 9.96. The average Bonchev–Trinajstić information content (AvgIpc) is 2.63. The van der Waals surface area contributed by atoms with Gasteiger partial charge in [-0.1, -0.05) is 0 Å². The van der Waals surface area contributed by atoms with E-state index in [2.05, 4.69) is 32.6 Å². The highest BCUT2D eigenvalue weighted by molar-refractivity contribution is 5.79. The van der Waals surface area contributed by atoms with Crippen molar-refractivity contribution in [3.63, 3.8) is 0 Å². The number of amides is 1. The first-order chi connectivity index (χ1) is 8.64. The normalized spacial score (nSPS) is 21.4. The Hall–Kier alpha value is -0.610. The first kappa shape index (κ1) is 16.4. The molecule has 112 valence electrons. The van der Waals surface area contributed by atoms with Crippen LogP contribution in [-0.4, -0.2) is 57.6 Å². The van der Waals surface area contributed by atoms with Gasteiger partial charge in [0.15, 0.2) is 0 Å². The summed E-state index contributed by atoms with van der Waals surface area (Å²) in [6.45, 7) is 13.2. The minimum absolute atomic E-state index is 0.0950. The minimum atomic E-state index is -0.739. The third-order valence-corrected chi connectivity index (χ3v) is 3.92. The number of carbonyl (C=O) groups is 1. The summed E-state index contributed by atoms with van der Waals surface area (Å²) in [5.41, 5.74) is -0.739. The zero-order valence-electron chi connectivity index (χ0n) is 13.3. The van der Waals surface area contributed by atoms with Crippen molar-refractivity contribution in [1.82, 2.24) is 9.80 Å². The third kappa shape index (κ3) is 4.18. The van der Waals surface area contributed by atoms with Gasteiger partial charge in [-0.05, 0) is 60.9 Å². The Balaban J connectivity index is 2.70. The quantitative estimate of drug-likeness (QED) is 0.829. The number of nitrogens with zero attached hydrogens (tertiary/aromatic N) is 2. The zero-order valence-corrected chi connectivity index (χ0v) is 13.3. The molecule has 4 nitrogen and oxygen atoms in total. The van der Waals surface area contributed by atoms with Crippen molar-refractivity contribution in [3.05, 3.63) is 0 Å². The Labute approximate surface area is 117 Å². The molecule has 0 radical (unpaired) electrons. The second kappa shape index (κ2) is 6.23. The molecular weight excluding hydrogens is 240 g/mol. The van der Waals surface area contributed by atoms with E-state index >= 15 is 0 Å². The molecule has 0 aromatic rings. The van der Waals surface area contributed by atoms with E-state index in [1.54, 1.807) is 0 Å². The van der Waals surface area contributed by atoms with Crippen LogP contribution in [-0.2, 0) is 4.79 Å².